The molecule has 2 N–H and O–H groups in total. The number of aryl methyl sites for hydroxylation is 4. The smallest absolute Gasteiger partial charge is 0.220 e. The number of aromatic nitrogens is 2. The maximum atomic E-state index is 11.8. The van der Waals surface area contributed by atoms with Gasteiger partial charge in [0.05, 0.1) is 5.69 Å². The monoisotopic (exact) mass is 301 g/mol. The van der Waals surface area contributed by atoms with Gasteiger partial charge in [-0.05, 0) is 44.4 Å². The van der Waals surface area contributed by atoms with Crippen molar-refractivity contribution in [3.05, 3.63) is 47.3 Å². The Morgan fingerprint density at radius 1 is 1.32 bits per heavy atom. The van der Waals surface area contributed by atoms with Crippen LogP contribution in [0.25, 0.3) is 0 Å². The van der Waals surface area contributed by atoms with Gasteiger partial charge in [-0.15, -0.1) is 0 Å². The van der Waals surface area contributed by atoms with Gasteiger partial charge in [-0.25, -0.2) is 0 Å². The van der Waals surface area contributed by atoms with Gasteiger partial charge in [0.15, 0.2) is 0 Å². The summed E-state index contributed by atoms with van der Waals surface area (Å²) in [7, 11) is 0. The second-order valence-electron chi connectivity index (χ2n) is 5.48. The van der Waals surface area contributed by atoms with Gasteiger partial charge in [0.2, 0.25) is 5.91 Å². The minimum absolute atomic E-state index is 0.0108. The van der Waals surface area contributed by atoms with Crippen molar-refractivity contribution in [2.24, 2.45) is 0 Å². The van der Waals surface area contributed by atoms with E-state index in [4.69, 9.17) is 0 Å². The fraction of sp³-hybridized carbons (Fsp3) is 0.412. The summed E-state index contributed by atoms with van der Waals surface area (Å²) in [6.07, 6.45) is 1.79. The van der Waals surface area contributed by atoms with Crippen LogP contribution >= 0.6 is 0 Å². The first kappa shape index (κ1) is 16.1. The van der Waals surface area contributed by atoms with Gasteiger partial charge in [0.1, 0.15) is 5.75 Å². The number of rotatable bonds is 7. The summed E-state index contributed by atoms with van der Waals surface area (Å²) >= 11 is 0. The molecule has 0 atom stereocenters. The molecule has 5 nitrogen and oxygen atoms in total. The average molecular weight is 301 g/mol. The molecule has 0 radical (unpaired) electrons. The van der Waals surface area contributed by atoms with E-state index in [2.05, 4.69) is 10.4 Å². The lowest BCUT2D eigenvalue weighted by molar-refractivity contribution is -0.121. The Morgan fingerprint density at radius 2 is 2.09 bits per heavy atom. The number of benzene rings is 1. The van der Waals surface area contributed by atoms with Crippen LogP contribution in [0.3, 0.4) is 0 Å². The van der Waals surface area contributed by atoms with Gasteiger partial charge in [0.25, 0.3) is 0 Å². The fourth-order valence-corrected chi connectivity index (χ4v) is 2.42. The largest absolute Gasteiger partial charge is 0.508 e. The van der Waals surface area contributed by atoms with Crippen LogP contribution in [-0.2, 0) is 17.8 Å². The van der Waals surface area contributed by atoms with Crippen molar-refractivity contribution in [1.29, 1.82) is 0 Å². The Balaban J connectivity index is 1.66. The highest BCUT2D eigenvalue weighted by molar-refractivity contribution is 5.76. The summed E-state index contributed by atoms with van der Waals surface area (Å²) in [5.41, 5.74) is 2.97. The van der Waals surface area contributed by atoms with E-state index < -0.39 is 0 Å². The SMILES string of the molecule is Cc1cc(C)n(CCCNC(=O)CCc2ccccc2O)n1. The lowest BCUT2D eigenvalue weighted by Gasteiger charge is -2.07. The summed E-state index contributed by atoms with van der Waals surface area (Å²) in [6, 6.07) is 9.16. The molecule has 0 aliphatic heterocycles. The number of carbonyl (C=O) groups excluding carboxylic acids is 1. The number of aromatic hydroxyl groups is 1. The number of hydrogen-bond acceptors (Lipinski definition) is 3. The maximum absolute atomic E-state index is 11.8. The topological polar surface area (TPSA) is 67.2 Å². The van der Waals surface area contributed by atoms with Crippen LogP contribution in [0.4, 0.5) is 0 Å². The van der Waals surface area contributed by atoms with E-state index in [1.807, 2.05) is 36.7 Å². The van der Waals surface area contributed by atoms with Crippen LogP contribution in [-0.4, -0.2) is 27.3 Å². The second kappa shape index (κ2) is 7.64. The lowest BCUT2D eigenvalue weighted by atomic mass is 10.1. The molecule has 22 heavy (non-hydrogen) atoms. The Hall–Kier alpha value is -2.30. The van der Waals surface area contributed by atoms with Crippen LogP contribution in [0.1, 0.15) is 29.8 Å². The van der Waals surface area contributed by atoms with Crippen molar-refractivity contribution >= 4 is 5.91 Å². The Bertz CT molecular complexity index is 635. The van der Waals surface area contributed by atoms with E-state index >= 15 is 0 Å². The Morgan fingerprint density at radius 3 is 2.77 bits per heavy atom. The van der Waals surface area contributed by atoms with Gasteiger partial charge in [0, 0.05) is 25.2 Å². The predicted molar refractivity (Wildman–Crippen MR) is 85.8 cm³/mol. The van der Waals surface area contributed by atoms with Gasteiger partial charge < -0.3 is 10.4 Å². The zero-order valence-electron chi connectivity index (χ0n) is 13.2. The summed E-state index contributed by atoms with van der Waals surface area (Å²) in [5.74, 6) is 0.261. The third kappa shape index (κ3) is 4.62. The zero-order valence-corrected chi connectivity index (χ0v) is 13.2. The van der Waals surface area contributed by atoms with Crippen molar-refractivity contribution in [2.45, 2.75) is 39.7 Å². The maximum Gasteiger partial charge on any atom is 0.220 e. The highest BCUT2D eigenvalue weighted by Crippen LogP contribution is 2.16. The van der Waals surface area contributed by atoms with E-state index in [9.17, 15) is 9.90 Å². The zero-order chi connectivity index (χ0) is 15.9. The minimum Gasteiger partial charge on any atom is -0.508 e. The van der Waals surface area contributed by atoms with E-state index in [0.717, 1.165) is 29.9 Å². The predicted octanol–water partition coefficient (Wildman–Crippen LogP) is 2.34. The Kier molecular flexibility index (Phi) is 5.58. The van der Waals surface area contributed by atoms with Gasteiger partial charge >= 0.3 is 0 Å². The van der Waals surface area contributed by atoms with Crippen molar-refractivity contribution in [3.63, 3.8) is 0 Å². The van der Waals surface area contributed by atoms with Crippen LogP contribution in [0.5, 0.6) is 5.75 Å². The molecule has 0 saturated carbocycles. The first-order valence-electron chi connectivity index (χ1n) is 7.61. The number of hydrogen-bond donors (Lipinski definition) is 2. The molecule has 2 aromatic rings. The van der Waals surface area contributed by atoms with E-state index in [1.54, 1.807) is 12.1 Å². The summed E-state index contributed by atoms with van der Waals surface area (Å²) in [6.45, 7) is 5.45. The molecule has 2 rings (SSSR count). The third-order valence-corrected chi connectivity index (χ3v) is 3.59. The van der Waals surface area contributed by atoms with Crippen molar-refractivity contribution < 1.29 is 9.90 Å². The molecule has 5 heteroatoms. The molecule has 1 heterocycles. The first-order chi connectivity index (χ1) is 10.6. The highest BCUT2D eigenvalue weighted by Gasteiger charge is 2.05. The Labute approximate surface area is 131 Å². The van der Waals surface area contributed by atoms with Crippen molar-refractivity contribution in [1.82, 2.24) is 15.1 Å². The fourth-order valence-electron chi connectivity index (χ4n) is 2.42. The molecule has 0 aliphatic rings. The number of amides is 1. The molecule has 0 saturated heterocycles. The number of nitrogens with zero attached hydrogens (tertiary/aromatic N) is 2. The number of nitrogens with one attached hydrogen (secondary N) is 1. The molecule has 1 aromatic heterocycles. The van der Waals surface area contributed by atoms with Gasteiger partial charge in [-0.1, -0.05) is 18.2 Å². The lowest BCUT2D eigenvalue weighted by Crippen LogP contribution is -2.25. The minimum atomic E-state index is 0.0108. The molecule has 0 unspecified atom stereocenters. The van der Waals surface area contributed by atoms with Gasteiger partial charge in [-0.2, -0.15) is 5.10 Å². The molecular weight excluding hydrogens is 278 g/mol. The van der Waals surface area contributed by atoms with Crippen LogP contribution < -0.4 is 5.32 Å². The second-order valence-corrected chi connectivity index (χ2v) is 5.48. The number of carbonyl (C=O) groups is 1. The molecule has 0 spiro atoms. The summed E-state index contributed by atoms with van der Waals surface area (Å²) in [5, 5.41) is 16.9. The number of phenols is 1. The average Bonchev–Trinajstić information content (AvgIpc) is 2.81. The van der Waals surface area contributed by atoms with Crippen molar-refractivity contribution in [2.75, 3.05) is 6.54 Å². The highest BCUT2D eigenvalue weighted by atomic mass is 16.3. The normalized spacial score (nSPS) is 10.6. The third-order valence-electron chi connectivity index (χ3n) is 3.59. The first-order valence-corrected chi connectivity index (χ1v) is 7.61. The molecule has 0 bridgehead atoms. The number of phenolic OH excluding ortho intramolecular Hbond substituents is 1. The van der Waals surface area contributed by atoms with E-state index in [-0.39, 0.29) is 11.7 Å². The van der Waals surface area contributed by atoms with E-state index in [0.29, 0.717) is 19.4 Å². The van der Waals surface area contributed by atoms with Crippen LogP contribution in [0.15, 0.2) is 30.3 Å². The quantitative estimate of drug-likeness (QED) is 0.771. The molecule has 0 aliphatic carbocycles. The van der Waals surface area contributed by atoms with Crippen LogP contribution in [0.2, 0.25) is 0 Å². The molecular formula is C17H23N3O2. The molecule has 1 amide bonds. The summed E-state index contributed by atoms with van der Waals surface area (Å²) < 4.78 is 1.96. The standard InChI is InChI=1S/C17H23N3O2/c1-13-12-14(2)20(19-13)11-5-10-18-17(22)9-8-15-6-3-4-7-16(15)21/h3-4,6-7,12,21H,5,8-11H2,1-2H3,(H,18,22). The van der Waals surface area contributed by atoms with Gasteiger partial charge in [-0.3, -0.25) is 9.48 Å². The summed E-state index contributed by atoms with van der Waals surface area (Å²) in [4.78, 5) is 11.8. The van der Waals surface area contributed by atoms with E-state index in [1.165, 1.54) is 0 Å². The molecule has 0 fully saturated rings. The van der Waals surface area contributed by atoms with Crippen molar-refractivity contribution in [3.8, 4) is 5.75 Å². The number of para-hydroxylation sites is 1. The molecule has 1 aromatic carbocycles. The molecule has 118 valence electrons. The van der Waals surface area contributed by atoms with Crippen LogP contribution in [0, 0.1) is 13.8 Å².